The van der Waals surface area contributed by atoms with Gasteiger partial charge in [0.2, 0.25) is 0 Å². The van der Waals surface area contributed by atoms with Gasteiger partial charge in [0.25, 0.3) is 0 Å². The molecule has 3 unspecified atom stereocenters. The number of hydrogen-bond donors (Lipinski definition) is 1. The molecule has 0 radical (unpaired) electrons. The van der Waals surface area contributed by atoms with Gasteiger partial charge in [0.1, 0.15) is 0 Å². The van der Waals surface area contributed by atoms with E-state index < -0.39 is 0 Å². The standard InChI is InChI=1S/C10H14BrN3/c11-9-6-13-14-10(9)8-3-1-2-7(4-8)5-12/h7-9,13H,1-4,6H2. The molecule has 2 rings (SSSR count). The highest BCUT2D eigenvalue weighted by Gasteiger charge is 2.31. The Kier molecular flexibility index (Phi) is 3.07. The Morgan fingerprint density at radius 2 is 2.36 bits per heavy atom. The zero-order chi connectivity index (χ0) is 9.97. The first-order valence-corrected chi connectivity index (χ1v) is 6.07. The van der Waals surface area contributed by atoms with E-state index in [0.717, 1.165) is 19.4 Å². The van der Waals surface area contributed by atoms with Gasteiger partial charge >= 0.3 is 0 Å². The maximum Gasteiger partial charge on any atom is 0.0738 e. The predicted octanol–water partition coefficient (Wildman–Crippen LogP) is 2.04. The highest BCUT2D eigenvalue weighted by atomic mass is 79.9. The first-order valence-electron chi connectivity index (χ1n) is 5.15. The summed E-state index contributed by atoms with van der Waals surface area (Å²) in [6.45, 7) is 0.892. The number of nitriles is 1. The summed E-state index contributed by atoms with van der Waals surface area (Å²) in [4.78, 5) is 0.380. The number of alkyl halides is 1. The van der Waals surface area contributed by atoms with Gasteiger partial charge < -0.3 is 5.43 Å². The van der Waals surface area contributed by atoms with Gasteiger partial charge in [0.15, 0.2) is 0 Å². The van der Waals surface area contributed by atoms with Crippen LogP contribution in [0.2, 0.25) is 0 Å². The average molecular weight is 256 g/mol. The molecule has 14 heavy (non-hydrogen) atoms. The van der Waals surface area contributed by atoms with Gasteiger partial charge in [-0.1, -0.05) is 22.4 Å². The predicted molar refractivity (Wildman–Crippen MR) is 59.2 cm³/mol. The molecule has 0 aromatic carbocycles. The second kappa shape index (κ2) is 4.31. The minimum Gasteiger partial charge on any atom is -0.309 e. The Morgan fingerprint density at radius 1 is 1.50 bits per heavy atom. The van der Waals surface area contributed by atoms with E-state index in [2.05, 4.69) is 32.5 Å². The van der Waals surface area contributed by atoms with Crippen molar-refractivity contribution in [1.82, 2.24) is 5.43 Å². The number of nitrogens with zero attached hydrogens (tertiary/aromatic N) is 2. The molecule has 0 spiro atoms. The summed E-state index contributed by atoms with van der Waals surface area (Å²) in [6, 6.07) is 2.38. The molecule has 76 valence electrons. The molecule has 1 aliphatic heterocycles. The van der Waals surface area contributed by atoms with Crippen LogP contribution in [0.1, 0.15) is 25.7 Å². The van der Waals surface area contributed by atoms with E-state index in [-0.39, 0.29) is 5.92 Å². The van der Waals surface area contributed by atoms with Gasteiger partial charge in [-0.05, 0) is 19.3 Å². The van der Waals surface area contributed by atoms with E-state index in [1.807, 2.05) is 0 Å². The van der Waals surface area contributed by atoms with E-state index in [4.69, 9.17) is 5.26 Å². The molecule has 0 amide bonds. The van der Waals surface area contributed by atoms with Crippen molar-refractivity contribution in [2.75, 3.05) is 6.54 Å². The van der Waals surface area contributed by atoms with Gasteiger partial charge in [-0.25, -0.2) is 0 Å². The summed E-state index contributed by atoms with van der Waals surface area (Å²) >= 11 is 3.61. The van der Waals surface area contributed by atoms with E-state index in [1.54, 1.807) is 0 Å². The normalized spacial score (nSPS) is 37.1. The van der Waals surface area contributed by atoms with Crippen LogP contribution in [0.3, 0.4) is 0 Å². The van der Waals surface area contributed by atoms with Crippen molar-refractivity contribution in [1.29, 1.82) is 5.26 Å². The van der Waals surface area contributed by atoms with Crippen LogP contribution < -0.4 is 5.43 Å². The highest BCUT2D eigenvalue weighted by molar-refractivity contribution is 9.10. The monoisotopic (exact) mass is 255 g/mol. The van der Waals surface area contributed by atoms with Crippen LogP contribution in [-0.2, 0) is 0 Å². The fraction of sp³-hybridized carbons (Fsp3) is 0.800. The summed E-state index contributed by atoms with van der Waals surface area (Å²) in [5.41, 5.74) is 4.24. The van der Waals surface area contributed by atoms with Crippen LogP contribution in [-0.4, -0.2) is 17.1 Å². The molecule has 0 aromatic heterocycles. The molecule has 1 aliphatic carbocycles. The fourth-order valence-corrected chi connectivity index (χ4v) is 2.94. The Labute approximate surface area is 92.7 Å². The van der Waals surface area contributed by atoms with E-state index in [1.165, 1.54) is 18.6 Å². The minimum atomic E-state index is 0.247. The van der Waals surface area contributed by atoms with Gasteiger partial charge in [-0.2, -0.15) is 10.4 Å². The van der Waals surface area contributed by atoms with Crippen LogP contribution in [0.15, 0.2) is 5.10 Å². The van der Waals surface area contributed by atoms with Crippen LogP contribution in [0.25, 0.3) is 0 Å². The number of nitrogens with one attached hydrogen (secondary N) is 1. The van der Waals surface area contributed by atoms with Crippen molar-refractivity contribution in [3.8, 4) is 6.07 Å². The average Bonchev–Trinajstić information content (AvgIpc) is 2.65. The molecular weight excluding hydrogens is 242 g/mol. The minimum absolute atomic E-state index is 0.247. The summed E-state index contributed by atoms with van der Waals surface area (Å²) in [5, 5.41) is 13.2. The molecule has 0 aromatic rings. The third-order valence-corrected chi connectivity index (χ3v) is 3.87. The quantitative estimate of drug-likeness (QED) is 0.730. The molecule has 1 saturated carbocycles. The maximum absolute atomic E-state index is 8.90. The largest absolute Gasteiger partial charge is 0.309 e. The van der Waals surface area contributed by atoms with Crippen LogP contribution in [0, 0.1) is 23.2 Å². The number of rotatable bonds is 1. The van der Waals surface area contributed by atoms with Crippen molar-refractivity contribution < 1.29 is 0 Å². The SMILES string of the molecule is N#CC1CCCC(C2=NNCC2Br)C1. The lowest BCUT2D eigenvalue weighted by molar-refractivity contribution is 0.373. The van der Waals surface area contributed by atoms with Crippen LogP contribution in [0.4, 0.5) is 0 Å². The van der Waals surface area contributed by atoms with Crippen molar-refractivity contribution in [3.63, 3.8) is 0 Å². The van der Waals surface area contributed by atoms with E-state index in [9.17, 15) is 0 Å². The number of hydrogen-bond acceptors (Lipinski definition) is 3. The van der Waals surface area contributed by atoms with Crippen molar-refractivity contribution in [2.45, 2.75) is 30.5 Å². The smallest absolute Gasteiger partial charge is 0.0738 e. The Bertz CT molecular complexity index is 282. The topological polar surface area (TPSA) is 48.2 Å². The lowest BCUT2D eigenvalue weighted by Gasteiger charge is -2.25. The van der Waals surface area contributed by atoms with Gasteiger partial charge in [-0.3, -0.25) is 0 Å². The molecule has 1 N–H and O–H groups in total. The molecule has 1 heterocycles. The van der Waals surface area contributed by atoms with Crippen LogP contribution in [0.5, 0.6) is 0 Å². The third kappa shape index (κ3) is 1.93. The fourth-order valence-electron chi connectivity index (χ4n) is 2.31. The van der Waals surface area contributed by atoms with Crippen molar-refractivity contribution >= 4 is 21.6 Å². The second-order valence-corrected chi connectivity index (χ2v) is 5.16. The molecule has 0 saturated heterocycles. The third-order valence-electron chi connectivity index (χ3n) is 3.07. The summed E-state index contributed by atoms with van der Waals surface area (Å²) in [6.07, 6.45) is 4.43. The zero-order valence-corrected chi connectivity index (χ0v) is 9.63. The molecular formula is C10H14BrN3. The highest BCUT2D eigenvalue weighted by Crippen LogP contribution is 2.32. The Hall–Kier alpha value is -0.560. The number of hydrazone groups is 1. The molecule has 3 nitrogen and oxygen atoms in total. The molecule has 4 heteroatoms. The molecule has 1 fully saturated rings. The van der Waals surface area contributed by atoms with Crippen molar-refractivity contribution in [2.24, 2.45) is 16.9 Å². The van der Waals surface area contributed by atoms with Gasteiger partial charge in [-0.15, -0.1) is 0 Å². The lowest BCUT2D eigenvalue weighted by atomic mass is 9.79. The lowest BCUT2D eigenvalue weighted by Crippen LogP contribution is -2.27. The Morgan fingerprint density at radius 3 is 3.00 bits per heavy atom. The zero-order valence-electron chi connectivity index (χ0n) is 8.04. The number of halogens is 1. The first kappa shape index (κ1) is 9.97. The van der Waals surface area contributed by atoms with Gasteiger partial charge in [0.05, 0.1) is 23.2 Å². The Balaban J connectivity index is 2.01. The summed E-state index contributed by atoms with van der Waals surface area (Å²) < 4.78 is 0. The van der Waals surface area contributed by atoms with Gasteiger partial charge in [0, 0.05) is 11.8 Å². The first-order chi connectivity index (χ1) is 6.81. The summed E-state index contributed by atoms with van der Waals surface area (Å²) in [7, 11) is 0. The second-order valence-electron chi connectivity index (χ2n) is 4.06. The molecule has 3 atom stereocenters. The summed E-state index contributed by atoms with van der Waals surface area (Å²) in [5.74, 6) is 0.768. The molecule has 0 bridgehead atoms. The maximum atomic E-state index is 8.90. The van der Waals surface area contributed by atoms with Crippen LogP contribution >= 0.6 is 15.9 Å². The van der Waals surface area contributed by atoms with E-state index in [0.29, 0.717) is 10.7 Å². The van der Waals surface area contributed by atoms with E-state index >= 15 is 0 Å². The van der Waals surface area contributed by atoms with Crippen molar-refractivity contribution in [3.05, 3.63) is 0 Å². The molecule has 2 aliphatic rings.